The minimum Gasteiger partial charge on any atom is -0.310 e. The summed E-state index contributed by atoms with van der Waals surface area (Å²) in [6.45, 7) is 4.73. The maximum absolute atomic E-state index is 2.50. The van der Waals surface area contributed by atoms with Crippen molar-refractivity contribution >= 4 is 17.1 Å². The van der Waals surface area contributed by atoms with Crippen molar-refractivity contribution in [2.75, 3.05) is 4.90 Å². The smallest absolute Gasteiger partial charge is 0.0725 e. The van der Waals surface area contributed by atoms with Crippen LogP contribution in [0.15, 0.2) is 188 Å². The maximum Gasteiger partial charge on any atom is 0.0725 e. The number of fused-ring (bicyclic) bond motifs is 13. The van der Waals surface area contributed by atoms with Crippen LogP contribution in [-0.4, -0.2) is 0 Å². The van der Waals surface area contributed by atoms with E-state index in [1.54, 1.807) is 0 Å². The zero-order valence-corrected chi connectivity index (χ0v) is 29.8. The van der Waals surface area contributed by atoms with E-state index >= 15 is 0 Å². The maximum atomic E-state index is 2.50. The highest BCUT2D eigenvalue weighted by Gasteiger charge is 2.51. The summed E-state index contributed by atoms with van der Waals surface area (Å²) in [6.07, 6.45) is 0. The fraction of sp³-hybridized carbons (Fsp3) is 0.0769. The Hall–Kier alpha value is -6.44. The molecule has 0 bridgehead atoms. The molecule has 1 heteroatoms. The highest BCUT2D eigenvalue weighted by Crippen LogP contribution is 2.63. The van der Waals surface area contributed by atoms with Gasteiger partial charge in [0.2, 0.25) is 0 Å². The van der Waals surface area contributed by atoms with E-state index in [0.29, 0.717) is 0 Å². The van der Waals surface area contributed by atoms with Crippen LogP contribution in [0.3, 0.4) is 0 Å². The average Bonchev–Trinajstić information content (AvgIpc) is 3.78. The van der Waals surface area contributed by atoms with Gasteiger partial charge in [0.1, 0.15) is 0 Å². The van der Waals surface area contributed by atoms with Crippen molar-refractivity contribution < 1.29 is 0 Å². The number of anilines is 3. The molecular formula is C52H37N. The molecule has 8 aromatic rings. The molecule has 0 atom stereocenters. The predicted octanol–water partition coefficient (Wildman–Crippen LogP) is 13.5. The topological polar surface area (TPSA) is 3.24 Å². The molecule has 0 heterocycles. The lowest BCUT2D eigenvalue weighted by atomic mass is 9.70. The number of nitrogens with zero attached hydrogens (tertiary/aromatic N) is 1. The van der Waals surface area contributed by atoms with Crippen molar-refractivity contribution in [3.8, 4) is 44.5 Å². The average molecular weight is 676 g/mol. The normalized spacial score (nSPS) is 14.5. The van der Waals surface area contributed by atoms with Gasteiger partial charge in [0.05, 0.1) is 11.1 Å². The van der Waals surface area contributed by atoms with E-state index in [-0.39, 0.29) is 10.8 Å². The molecule has 250 valence electrons. The lowest BCUT2D eigenvalue weighted by Gasteiger charge is -2.32. The first kappa shape index (κ1) is 30.2. The molecule has 3 aliphatic rings. The highest BCUT2D eigenvalue weighted by molar-refractivity contribution is 5.99. The molecule has 1 nitrogen and oxygen atoms in total. The largest absolute Gasteiger partial charge is 0.310 e. The highest BCUT2D eigenvalue weighted by atomic mass is 15.1. The second kappa shape index (κ2) is 11.0. The second-order valence-electron chi connectivity index (χ2n) is 15.2. The zero-order valence-electron chi connectivity index (χ0n) is 29.8. The minimum atomic E-state index is -0.364. The van der Waals surface area contributed by atoms with E-state index in [1.807, 2.05) is 0 Å². The summed E-state index contributed by atoms with van der Waals surface area (Å²) in [5.41, 5.74) is 21.5. The third kappa shape index (κ3) is 4.02. The number of hydrogen-bond donors (Lipinski definition) is 0. The van der Waals surface area contributed by atoms with Crippen LogP contribution >= 0.6 is 0 Å². The summed E-state index contributed by atoms with van der Waals surface area (Å²) >= 11 is 0. The molecule has 0 saturated heterocycles. The van der Waals surface area contributed by atoms with Crippen LogP contribution in [0.25, 0.3) is 44.5 Å². The Balaban J connectivity index is 1.17. The molecule has 0 amide bonds. The summed E-state index contributed by atoms with van der Waals surface area (Å²) in [4.78, 5) is 2.50. The monoisotopic (exact) mass is 675 g/mol. The van der Waals surface area contributed by atoms with Crippen molar-refractivity contribution in [1.29, 1.82) is 0 Å². The van der Waals surface area contributed by atoms with E-state index in [2.05, 4.69) is 207 Å². The van der Waals surface area contributed by atoms with Crippen LogP contribution in [-0.2, 0) is 10.8 Å². The summed E-state index contributed by atoms with van der Waals surface area (Å²) < 4.78 is 0. The van der Waals surface area contributed by atoms with Crippen LogP contribution in [0, 0.1) is 0 Å². The fourth-order valence-electron chi connectivity index (χ4n) is 10.0. The Morgan fingerprint density at radius 2 is 0.811 bits per heavy atom. The molecule has 0 N–H and O–H groups in total. The molecular weight excluding hydrogens is 639 g/mol. The van der Waals surface area contributed by atoms with E-state index in [4.69, 9.17) is 0 Å². The number of benzene rings is 8. The van der Waals surface area contributed by atoms with Gasteiger partial charge in [-0.25, -0.2) is 0 Å². The van der Waals surface area contributed by atoms with Crippen molar-refractivity contribution in [3.05, 3.63) is 221 Å². The second-order valence-corrected chi connectivity index (χ2v) is 15.2. The molecule has 0 aromatic heterocycles. The van der Waals surface area contributed by atoms with Crippen LogP contribution in [0.5, 0.6) is 0 Å². The summed E-state index contributed by atoms with van der Waals surface area (Å²) in [6, 6.07) is 70.1. The van der Waals surface area contributed by atoms with Gasteiger partial charge in [-0.1, -0.05) is 172 Å². The SMILES string of the molecule is CC1(C)c2ccccc2-c2c(N(c3ccc(-c4ccccc4)cc3)c3ccc4c(c3)-c3ccccc3C43c4ccccc4-c4ccccc43)cccc21. The Bertz CT molecular complexity index is 2710. The third-order valence-electron chi connectivity index (χ3n) is 12.3. The van der Waals surface area contributed by atoms with Crippen molar-refractivity contribution in [3.63, 3.8) is 0 Å². The zero-order chi connectivity index (χ0) is 35.3. The molecule has 8 aromatic carbocycles. The van der Waals surface area contributed by atoms with Crippen molar-refractivity contribution in [2.24, 2.45) is 0 Å². The number of hydrogen-bond acceptors (Lipinski definition) is 1. The van der Waals surface area contributed by atoms with E-state index < -0.39 is 0 Å². The fourth-order valence-corrected chi connectivity index (χ4v) is 10.0. The predicted molar refractivity (Wildman–Crippen MR) is 220 cm³/mol. The molecule has 0 aliphatic heterocycles. The van der Waals surface area contributed by atoms with E-state index in [0.717, 1.165) is 11.4 Å². The Morgan fingerprint density at radius 1 is 0.340 bits per heavy atom. The summed E-state index contributed by atoms with van der Waals surface area (Å²) in [7, 11) is 0. The number of rotatable bonds is 4. The molecule has 0 fully saturated rings. The lowest BCUT2D eigenvalue weighted by Crippen LogP contribution is -2.25. The van der Waals surface area contributed by atoms with Crippen molar-refractivity contribution in [2.45, 2.75) is 24.7 Å². The quantitative estimate of drug-likeness (QED) is 0.179. The molecule has 0 saturated carbocycles. The molecule has 0 unspecified atom stereocenters. The Morgan fingerprint density at radius 3 is 1.45 bits per heavy atom. The van der Waals surface area contributed by atoms with Crippen LogP contribution in [0.1, 0.15) is 47.2 Å². The Kier molecular flexibility index (Phi) is 6.29. The van der Waals surface area contributed by atoms with Gasteiger partial charge in [-0.05, 0) is 103 Å². The van der Waals surface area contributed by atoms with Crippen LogP contribution < -0.4 is 4.90 Å². The van der Waals surface area contributed by atoms with Gasteiger partial charge < -0.3 is 4.90 Å². The van der Waals surface area contributed by atoms with E-state index in [9.17, 15) is 0 Å². The molecule has 0 radical (unpaired) electrons. The third-order valence-corrected chi connectivity index (χ3v) is 12.3. The van der Waals surface area contributed by atoms with Crippen LogP contribution in [0.4, 0.5) is 17.1 Å². The van der Waals surface area contributed by atoms with Gasteiger partial charge in [0.25, 0.3) is 0 Å². The first-order valence-corrected chi connectivity index (χ1v) is 18.7. The van der Waals surface area contributed by atoms with Gasteiger partial charge >= 0.3 is 0 Å². The lowest BCUT2D eigenvalue weighted by molar-refractivity contribution is 0.660. The Labute approximate surface area is 311 Å². The first-order chi connectivity index (χ1) is 26.1. The van der Waals surface area contributed by atoms with Crippen molar-refractivity contribution in [1.82, 2.24) is 0 Å². The molecule has 11 rings (SSSR count). The summed E-state index contributed by atoms with van der Waals surface area (Å²) in [5, 5.41) is 0. The summed E-state index contributed by atoms with van der Waals surface area (Å²) in [5.74, 6) is 0. The van der Waals surface area contributed by atoms with Gasteiger partial charge in [-0.3, -0.25) is 0 Å². The molecule has 1 spiro atoms. The molecule has 3 aliphatic carbocycles. The van der Waals surface area contributed by atoms with Gasteiger partial charge in [0, 0.05) is 22.4 Å². The van der Waals surface area contributed by atoms with Gasteiger partial charge in [-0.15, -0.1) is 0 Å². The first-order valence-electron chi connectivity index (χ1n) is 18.7. The van der Waals surface area contributed by atoms with Gasteiger partial charge in [0.15, 0.2) is 0 Å². The van der Waals surface area contributed by atoms with E-state index in [1.165, 1.54) is 83.6 Å². The molecule has 53 heavy (non-hydrogen) atoms. The van der Waals surface area contributed by atoms with Crippen LogP contribution in [0.2, 0.25) is 0 Å². The minimum absolute atomic E-state index is 0.0999. The van der Waals surface area contributed by atoms with Gasteiger partial charge in [-0.2, -0.15) is 0 Å². The standard InChI is InChI=1S/C52H37N/c1-51(2)43-21-10-9-20-41(43)50-48(51)25-14-26-49(50)53(36-29-27-35(28-30-36)34-15-4-3-5-16-34)37-31-32-47-42(33-37)40-19-8-13-24-46(40)52(47)44-22-11-6-17-38(44)39-18-7-12-23-45(39)52/h3-33H,1-2H3.